The molecule has 0 atom stereocenters. The second-order valence-corrected chi connectivity index (χ2v) is 6.81. The zero-order valence-electron chi connectivity index (χ0n) is 16.0. The van der Waals surface area contributed by atoms with E-state index in [1.807, 2.05) is 0 Å². The lowest BCUT2D eigenvalue weighted by Crippen LogP contribution is -2.28. The molecule has 0 saturated heterocycles. The molecule has 1 amide bonds. The first-order chi connectivity index (χ1) is 13.7. The average molecular weight is 443 g/mol. The Hall–Kier alpha value is -2.99. The zero-order valence-corrected chi connectivity index (χ0v) is 16.0. The van der Waals surface area contributed by atoms with Crippen molar-refractivity contribution < 1.29 is 45.0 Å². The van der Waals surface area contributed by atoms with E-state index in [9.17, 15) is 35.5 Å². The molecule has 1 N–H and O–H groups in total. The van der Waals surface area contributed by atoms with Gasteiger partial charge in [-0.05, 0) is 27.7 Å². The van der Waals surface area contributed by atoms with E-state index in [0.29, 0.717) is 6.20 Å². The number of carbonyl (C=O) groups excluding carboxylic acids is 1. The van der Waals surface area contributed by atoms with Crippen LogP contribution in [0, 0.1) is 23.3 Å². The maximum absolute atomic E-state index is 14.4. The minimum Gasteiger partial charge on any atom is -0.488 e. The summed E-state index contributed by atoms with van der Waals surface area (Å²) in [5.74, 6) is -9.86. The van der Waals surface area contributed by atoms with Crippen LogP contribution in [0.25, 0.3) is 5.69 Å². The van der Waals surface area contributed by atoms with Gasteiger partial charge in [0.2, 0.25) is 11.6 Å². The lowest BCUT2D eigenvalue weighted by Gasteiger charge is -2.20. The van der Waals surface area contributed by atoms with Crippen LogP contribution >= 0.6 is 0 Å². The number of nitrogens with zero attached hydrogens (tertiary/aromatic N) is 2. The molecule has 0 bridgehead atoms. The molecule has 30 heavy (non-hydrogen) atoms. The first-order valence-electron chi connectivity index (χ1n) is 8.33. The van der Waals surface area contributed by atoms with Crippen molar-refractivity contribution in [2.75, 3.05) is 11.9 Å². The Bertz CT molecular complexity index is 936. The first kappa shape index (κ1) is 23.3. The van der Waals surface area contributed by atoms with Gasteiger partial charge in [0.25, 0.3) is 0 Å². The van der Waals surface area contributed by atoms with Crippen molar-refractivity contribution >= 4 is 11.8 Å². The third-order valence-electron chi connectivity index (χ3n) is 3.37. The Morgan fingerprint density at radius 3 is 2.03 bits per heavy atom. The minimum atomic E-state index is -5.34. The van der Waals surface area contributed by atoms with E-state index in [-0.39, 0.29) is 6.61 Å². The molecular formula is C17H16F7N3O3. The van der Waals surface area contributed by atoms with Gasteiger partial charge in [0.05, 0.1) is 18.5 Å². The number of rotatable bonds is 4. The van der Waals surface area contributed by atoms with Gasteiger partial charge in [-0.3, -0.25) is 5.32 Å². The monoisotopic (exact) mass is 443 g/mol. The van der Waals surface area contributed by atoms with Crippen molar-refractivity contribution in [3.8, 4) is 11.4 Å². The van der Waals surface area contributed by atoms with E-state index < -0.39 is 68.6 Å². The van der Waals surface area contributed by atoms with Gasteiger partial charge in [-0.25, -0.2) is 18.3 Å². The Morgan fingerprint density at radius 2 is 1.60 bits per heavy atom. The van der Waals surface area contributed by atoms with Crippen molar-refractivity contribution in [2.24, 2.45) is 0 Å². The Kier molecular flexibility index (Phi) is 6.23. The lowest BCUT2D eigenvalue weighted by molar-refractivity contribution is -0.142. The second kappa shape index (κ2) is 8.03. The molecule has 1 heterocycles. The number of aromatic nitrogens is 2. The largest absolute Gasteiger partial charge is 0.488 e. The Labute approximate surface area is 165 Å². The molecule has 0 fully saturated rings. The number of hydrogen-bond acceptors (Lipinski definition) is 4. The highest BCUT2D eigenvalue weighted by molar-refractivity contribution is 5.85. The van der Waals surface area contributed by atoms with Gasteiger partial charge in [-0.2, -0.15) is 27.1 Å². The highest BCUT2D eigenvalue weighted by Crippen LogP contribution is 2.39. The highest BCUT2D eigenvalue weighted by Gasteiger charge is 2.42. The van der Waals surface area contributed by atoms with E-state index in [4.69, 9.17) is 4.74 Å². The van der Waals surface area contributed by atoms with Gasteiger partial charge < -0.3 is 9.47 Å². The predicted octanol–water partition coefficient (Wildman–Crippen LogP) is 5.19. The van der Waals surface area contributed by atoms with E-state index in [0.717, 1.165) is 0 Å². The number of halogens is 7. The van der Waals surface area contributed by atoms with Gasteiger partial charge in [-0.15, -0.1) is 0 Å². The Balaban J connectivity index is 2.67. The summed E-state index contributed by atoms with van der Waals surface area (Å²) in [6, 6.07) is 0. The van der Waals surface area contributed by atoms with E-state index in [1.165, 1.54) is 27.7 Å². The summed E-state index contributed by atoms with van der Waals surface area (Å²) in [6.45, 7) is 5.22. The molecule has 0 aliphatic heterocycles. The topological polar surface area (TPSA) is 65.4 Å². The highest BCUT2D eigenvalue weighted by atomic mass is 19.4. The van der Waals surface area contributed by atoms with Crippen molar-refractivity contribution in [1.29, 1.82) is 0 Å². The Morgan fingerprint density at radius 1 is 1.07 bits per heavy atom. The molecule has 166 valence electrons. The van der Waals surface area contributed by atoms with Crippen LogP contribution in [0.15, 0.2) is 6.20 Å². The lowest BCUT2D eigenvalue weighted by atomic mass is 10.2. The van der Waals surface area contributed by atoms with E-state index in [1.54, 1.807) is 5.32 Å². The summed E-state index contributed by atoms with van der Waals surface area (Å²) in [5, 5.41) is 4.90. The van der Waals surface area contributed by atoms with E-state index in [2.05, 4.69) is 9.84 Å². The molecule has 0 aliphatic carbocycles. The third kappa shape index (κ3) is 4.60. The molecule has 1 aromatic heterocycles. The summed E-state index contributed by atoms with van der Waals surface area (Å²) in [7, 11) is 0. The summed E-state index contributed by atoms with van der Waals surface area (Å²) in [4.78, 5) is 11.8. The van der Waals surface area contributed by atoms with Crippen LogP contribution in [0.4, 0.5) is 41.2 Å². The van der Waals surface area contributed by atoms with Crippen LogP contribution < -0.4 is 10.1 Å². The van der Waals surface area contributed by atoms with Crippen molar-refractivity contribution in [2.45, 2.75) is 39.5 Å². The predicted molar refractivity (Wildman–Crippen MR) is 89.4 cm³/mol. The first-order valence-corrected chi connectivity index (χ1v) is 8.33. The van der Waals surface area contributed by atoms with Crippen molar-refractivity contribution in [3.63, 3.8) is 0 Å². The number of alkyl halides is 3. The van der Waals surface area contributed by atoms with Crippen molar-refractivity contribution in [1.82, 2.24) is 9.78 Å². The molecule has 0 saturated carbocycles. The minimum absolute atomic E-state index is 0.369. The zero-order chi connectivity index (χ0) is 23.0. The molecule has 0 aliphatic rings. The van der Waals surface area contributed by atoms with Crippen LogP contribution in [0.2, 0.25) is 0 Å². The maximum atomic E-state index is 14.4. The second-order valence-electron chi connectivity index (χ2n) is 6.81. The fourth-order valence-corrected chi connectivity index (χ4v) is 2.35. The van der Waals surface area contributed by atoms with Gasteiger partial charge in [0, 0.05) is 0 Å². The summed E-state index contributed by atoms with van der Waals surface area (Å²) in [5.41, 5.74) is -5.80. The standard InChI is InChI=1S/C17H16F7N3O3/c1-5-29-13-10(20)8(18)12(9(19)11(13)21)27-14(17(22,23)24)7(6-25-27)26-15(28)30-16(2,3)4/h6H,5H2,1-4H3,(H,26,28). The number of amides is 1. The molecule has 1 aromatic carbocycles. The normalized spacial score (nSPS) is 12.1. The molecule has 13 heteroatoms. The number of benzene rings is 1. The summed E-state index contributed by atoms with van der Waals surface area (Å²) in [6.07, 6.45) is -6.26. The van der Waals surface area contributed by atoms with Crippen LogP contribution in [0.1, 0.15) is 33.4 Å². The van der Waals surface area contributed by atoms with Gasteiger partial charge in [-0.1, -0.05) is 0 Å². The SMILES string of the molecule is CCOc1c(F)c(F)c(-n2ncc(NC(=O)OC(C)(C)C)c2C(F)(F)F)c(F)c1F. The number of carbonyl (C=O) groups is 1. The van der Waals surface area contributed by atoms with Crippen LogP contribution in [0.5, 0.6) is 5.75 Å². The third-order valence-corrected chi connectivity index (χ3v) is 3.37. The molecule has 2 aromatic rings. The maximum Gasteiger partial charge on any atom is 0.435 e. The van der Waals surface area contributed by atoms with Gasteiger partial charge >= 0.3 is 12.3 Å². The number of hydrogen-bond donors (Lipinski definition) is 1. The quantitative estimate of drug-likeness (QED) is 0.522. The molecular weight excluding hydrogens is 427 g/mol. The van der Waals surface area contributed by atoms with Crippen LogP contribution in [-0.4, -0.2) is 28.1 Å². The van der Waals surface area contributed by atoms with Crippen molar-refractivity contribution in [3.05, 3.63) is 35.2 Å². The van der Waals surface area contributed by atoms with Gasteiger partial charge in [0.15, 0.2) is 23.1 Å². The average Bonchev–Trinajstić information content (AvgIpc) is 2.99. The summed E-state index contributed by atoms with van der Waals surface area (Å²) < 4.78 is 107. The molecule has 0 unspecified atom stereocenters. The van der Waals surface area contributed by atoms with Crippen LogP contribution in [-0.2, 0) is 10.9 Å². The molecule has 6 nitrogen and oxygen atoms in total. The molecule has 0 radical (unpaired) electrons. The fourth-order valence-electron chi connectivity index (χ4n) is 2.35. The number of anilines is 1. The van der Waals surface area contributed by atoms with E-state index >= 15 is 0 Å². The fraction of sp³-hybridized carbons (Fsp3) is 0.412. The van der Waals surface area contributed by atoms with Crippen LogP contribution in [0.3, 0.4) is 0 Å². The molecule has 2 rings (SSSR count). The number of ether oxygens (including phenoxy) is 2. The molecule has 0 spiro atoms. The smallest absolute Gasteiger partial charge is 0.435 e. The summed E-state index contributed by atoms with van der Waals surface area (Å²) >= 11 is 0. The van der Waals surface area contributed by atoms with Gasteiger partial charge in [0.1, 0.15) is 11.3 Å². The number of nitrogens with one attached hydrogen (secondary N) is 1.